The summed E-state index contributed by atoms with van der Waals surface area (Å²) in [5.41, 5.74) is 4.94. The second kappa shape index (κ2) is 10.6. The van der Waals surface area contributed by atoms with Gasteiger partial charge in [-0.1, -0.05) is 68.3 Å². The number of allylic oxidation sites excluding steroid dienone is 3. The molecule has 0 bridgehead atoms. The molecule has 0 N–H and O–H groups in total. The summed E-state index contributed by atoms with van der Waals surface area (Å²) in [5, 5.41) is 0. The third-order valence-corrected chi connectivity index (χ3v) is 8.27. The number of hydrogen-bond donors (Lipinski definition) is 0. The Hall–Kier alpha value is -2.13. The molecule has 4 unspecified atom stereocenters. The van der Waals surface area contributed by atoms with E-state index in [-0.39, 0.29) is 17.9 Å². The Kier molecular flexibility index (Phi) is 7.39. The van der Waals surface area contributed by atoms with E-state index in [9.17, 15) is 0 Å². The molecule has 2 aromatic carbocycles. The molecule has 1 aliphatic carbocycles. The monoisotopic (exact) mass is 478 g/mol. The molecule has 1 saturated heterocycles. The summed E-state index contributed by atoms with van der Waals surface area (Å²) in [5.74, 6) is 3.10. The Morgan fingerprint density at radius 2 is 1.97 bits per heavy atom. The Morgan fingerprint density at radius 3 is 2.79 bits per heavy atom. The van der Waals surface area contributed by atoms with Crippen molar-refractivity contribution in [2.24, 2.45) is 5.92 Å². The van der Waals surface area contributed by atoms with E-state index in [1.165, 1.54) is 29.5 Å². The van der Waals surface area contributed by atoms with Gasteiger partial charge in [-0.2, -0.15) is 0 Å². The number of unbranched alkanes of at least 4 members (excludes halogenated alkanes) is 2. The van der Waals surface area contributed by atoms with Crippen molar-refractivity contribution in [2.45, 2.75) is 70.8 Å². The van der Waals surface area contributed by atoms with Gasteiger partial charge in [0.1, 0.15) is 17.3 Å². The van der Waals surface area contributed by atoms with Crippen molar-refractivity contribution >= 4 is 8.60 Å². The number of aryl methyl sites for hydroxylation is 1. The van der Waals surface area contributed by atoms with E-state index in [1.807, 2.05) is 6.07 Å². The molecule has 1 fully saturated rings. The van der Waals surface area contributed by atoms with Crippen LogP contribution in [0, 0.1) is 5.92 Å². The molecule has 0 radical (unpaired) electrons. The summed E-state index contributed by atoms with van der Waals surface area (Å²) < 4.78 is 25.2. The van der Waals surface area contributed by atoms with Crippen LogP contribution in [0.2, 0.25) is 0 Å². The minimum atomic E-state index is -1.50. The Morgan fingerprint density at radius 1 is 1.12 bits per heavy atom. The molecule has 5 heteroatoms. The molecule has 5 rings (SSSR count). The van der Waals surface area contributed by atoms with E-state index < -0.39 is 8.60 Å². The van der Waals surface area contributed by atoms with E-state index in [0.717, 1.165) is 54.9 Å². The minimum absolute atomic E-state index is 0.00905. The first-order valence-electron chi connectivity index (χ1n) is 12.7. The number of benzene rings is 2. The van der Waals surface area contributed by atoms with Crippen molar-refractivity contribution in [2.75, 3.05) is 6.61 Å². The average molecular weight is 479 g/mol. The van der Waals surface area contributed by atoms with Gasteiger partial charge in [0, 0.05) is 23.8 Å². The molecule has 3 aliphatic rings. The summed E-state index contributed by atoms with van der Waals surface area (Å²) in [6.45, 7) is 9.36. The summed E-state index contributed by atoms with van der Waals surface area (Å²) in [7, 11) is -1.50. The summed E-state index contributed by atoms with van der Waals surface area (Å²) in [4.78, 5) is 0. The summed E-state index contributed by atoms with van der Waals surface area (Å²) >= 11 is 0. The third-order valence-electron chi connectivity index (χ3n) is 7.10. The molecular weight excluding hydrogens is 443 g/mol. The molecule has 0 saturated carbocycles. The van der Waals surface area contributed by atoms with Crippen LogP contribution < -0.4 is 9.26 Å². The minimum Gasteiger partial charge on any atom is -0.462 e. The van der Waals surface area contributed by atoms with E-state index in [4.69, 9.17) is 18.3 Å². The Bertz CT molecular complexity index is 1050. The molecule has 2 aromatic rings. The van der Waals surface area contributed by atoms with E-state index in [1.54, 1.807) is 0 Å². The highest BCUT2D eigenvalue weighted by Crippen LogP contribution is 2.56. The highest BCUT2D eigenvalue weighted by atomic mass is 31.2. The quantitative estimate of drug-likeness (QED) is 0.227. The number of fused-ring (bicyclic) bond motifs is 3. The Labute approximate surface area is 205 Å². The first-order valence-corrected chi connectivity index (χ1v) is 13.8. The van der Waals surface area contributed by atoms with Crippen LogP contribution in [0.15, 0.2) is 66.5 Å². The Balaban J connectivity index is 1.46. The molecule has 0 spiro atoms. The van der Waals surface area contributed by atoms with Crippen molar-refractivity contribution in [1.29, 1.82) is 0 Å². The first kappa shape index (κ1) is 23.6. The number of rotatable bonds is 7. The highest BCUT2D eigenvalue weighted by molar-refractivity contribution is 7.42. The topological polar surface area (TPSA) is 36.9 Å². The zero-order valence-electron chi connectivity index (χ0n) is 20.3. The molecule has 0 amide bonds. The van der Waals surface area contributed by atoms with Crippen LogP contribution in [0.3, 0.4) is 0 Å². The van der Waals surface area contributed by atoms with Crippen molar-refractivity contribution < 1.29 is 18.3 Å². The molecule has 34 heavy (non-hydrogen) atoms. The van der Waals surface area contributed by atoms with Crippen molar-refractivity contribution in [3.05, 3.63) is 83.1 Å². The van der Waals surface area contributed by atoms with Gasteiger partial charge >= 0.3 is 8.60 Å². The lowest BCUT2D eigenvalue weighted by Crippen LogP contribution is -2.26. The zero-order chi connectivity index (χ0) is 23.5. The lowest BCUT2D eigenvalue weighted by molar-refractivity contribution is 0.0822. The fraction of sp³-hybridized carbons (Fsp3) is 0.448. The van der Waals surface area contributed by atoms with E-state index >= 15 is 0 Å². The van der Waals surface area contributed by atoms with Gasteiger partial charge in [0.2, 0.25) is 0 Å². The predicted octanol–water partition coefficient (Wildman–Crippen LogP) is 8.55. The van der Waals surface area contributed by atoms with Crippen molar-refractivity contribution in [3.63, 3.8) is 0 Å². The van der Waals surface area contributed by atoms with Crippen molar-refractivity contribution in [1.82, 2.24) is 0 Å². The van der Waals surface area contributed by atoms with E-state index in [0.29, 0.717) is 6.61 Å². The zero-order valence-corrected chi connectivity index (χ0v) is 21.2. The standard InChI is InChI=1S/C29H35O4P/c1-4-5-7-10-22-18-27-29(25-17-20(2)13-14-24(25)21(3)31-27)28(19-22)33-34-30-16-15-26(32-34)23-11-8-6-9-12-23/h6,8-9,11-12,17-19,24-26H,3-5,7,10,13-16H2,1-2H3. The third kappa shape index (κ3) is 5.10. The predicted molar refractivity (Wildman–Crippen MR) is 137 cm³/mol. The second-order valence-electron chi connectivity index (χ2n) is 9.66. The van der Waals surface area contributed by atoms with Crippen LogP contribution in [-0.4, -0.2) is 6.61 Å². The van der Waals surface area contributed by atoms with Crippen LogP contribution in [0.5, 0.6) is 11.5 Å². The number of hydrogen-bond acceptors (Lipinski definition) is 4. The summed E-state index contributed by atoms with van der Waals surface area (Å²) in [6.07, 6.45) is 9.91. The highest BCUT2D eigenvalue weighted by Gasteiger charge is 2.38. The van der Waals surface area contributed by atoms with Gasteiger partial charge in [-0.05, 0) is 55.9 Å². The SMILES string of the molecule is C=C1Oc2cc(CCCCC)cc(OP3OCCC(c4ccccc4)O3)c2C2C=C(C)CCC12. The van der Waals surface area contributed by atoms with Gasteiger partial charge in [0.15, 0.2) is 0 Å². The fourth-order valence-corrected chi connectivity index (χ4v) is 6.40. The molecular formula is C29H35O4P. The van der Waals surface area contributed by atoms with Gasteiger partial charge in [0.05, 0.1) is 12.7 Å². The molecule has 4 atom stereocenters. The number of ether oxygens (including phenoxy) is 1. The maximum Gasteiger partial charge on any atom is 0.397 e. The smallest absolute Gasteiger partial charge is 0.397 e. The van der Waals surface area contributed by atoms with Gasteiger partial charge in [0.25, 0.3) is 0 Å². The van der Waals surface area contributed by atoms with Crippen LogP contribution in [-0.2, 0) is 15.5 Å². The maximum absolute atomic E-state index is 6.55. The second-order valence-corrected chi connectivity index (χ2v) is 10.8. The van der Waals surface area contributed by atoms with Gasteiger partial charge in [-0.25, -0.2) is 0 Å². The van der Waals surface area contributed by atoms with Crippen molar-refractivity contribution in [3.8, 4) is 11.5 Å². The largest absolute Gasteiger partial charge is 0.462 e. The van der Waals surface area contributed by atoms with Gasteiger partial charge in [-0.3, -0.25) is 4.52 Å². The molecule has 2 aliphatic heterocycles. The first-order chi connectivity index (χ1) is 16.6. The molecule has 4 nitrogen and oxygen atoms in total. The van der Waals surface area contributed by atoms with E-state index in [2.05, 4.69) is 62.9 Å². The maximum atomic E-state index is 6.55. The lowest BCUT2D eigenvalue weighted by Gasteiger charge is -2.38. The van der Waals surface area contributed by atoms with Crippen LogP contribution in [0.25, 0.3) is 0 Å². The fourth-order valence-electron chi connectivity index (χ4n) is 5.24. The van der Waals surface area contributed by atoms with Gasteiger partial charge < -0.3 is 13.8 Å². The normalized spacial score (nSPS) is 26.2. The van der Waals surface area contributed by atoms with Crippen LogP contribution in [0.4, 0.5) is 0 Å². The van der Waals surface area contributed by atoms with Crippen LogP contribution in [0.1, 0.15) is 81.1 Å². The van der Waals surface area contributed by atoms with Gasteiger partial charge in [-0.15, -0.1) is 0 Å². The lowest BCUT2D eigenvalue weighted by atomic mass is 9.74. The molecule has 0 aromatic heterocycles. The summed E-state index contributed by atoms with van der Waals surface area (Å²) in [6, 6.07) is 14.7. The molecule has 2 heterocycles. The average Bonchev–Trinajstić information content (AvgIpc) is 2.84. The molecule has 180 valence electrons. The van der Waals surface area contributed by atoms with Crippen LogP contribution >= 0.6 is 8.60 Å².